The largest absolute Gasteiger partial charge is 0.573 e. The molecule has 156 valence electrons. The number of hydrogen-bond donors (Lipinski definition) is 0. The number of sulfonamides is 1. The standard InChI is InChI=1S/C19H19F3N2O4S/c20-19(21,22)28-17-8-6-16(7-9-17)18(25)23-10-12-24(13-11-23)29(26,27)14-15-4-2-1-3-5-15/h1-9H,10-14H2. The maximum Gasteiger partial charge on any atom is 0.573 e. The summed E-state index contributed by atoms with van der Waals surface area (Å²) in [6.07, 6.45) is -4.80. The molecule has 0 aromatic heterocycles. The molecule has 0 N–H and O–H groups in total. The third-order valence-electron chi connectivity index (χ3n) is 4.45. The zero-order chi connectivity index (χ0) is 21.1. The van der Waals surface area contributed by atoms with Gasteiger partial charge in [0.1, 0.15) is 5.75 Å². The van der Waals surface area contributed by atoms with E-state index in [2.05, 4.69) is 4.74 Å². The van der Waals surface area contributed by atoms with Crippen molar-refractivity contribution in [3.8, 4) is 5.75 Å². The van der Waals surface area contributed by atoms with Crippen molar-refractivity contribution in [3.63, 3.8) is 0 Å². The molecule has 0 atom stereocenters. The first-order chi connectivity index (χ1) is 13.6. The van der Waals surface area contributed by atoms with Crippen molar-refractivity contribution in [2.45, 2.75) is 12.1 Å². The minimum atomic E-state index is -4.80. The van der Waals surface area contributed by atoms with Gasteiger partial charge in [0.25, 0.3) is 5.91 Å². The predicted octanol–water partition coefficient (Wildman–Crippen LogP) is 2.87. The number of piperazine rings is 1. The number of amides is 1. The van der Waals surface area contributed by atoms with E-state index in [9.17, 15) is 26.4 Å². The van der Waals surface area contributed by atoms with Gasteiger partial charge in [0.2, 0.25) is 10.0 Å². The Morgan fingerprint density at radius 1 is 0.931 bits per heavy atom. The second-order valence-corrected chi connectivity index (χ2v) is 8.47. The van der Waals surface area contributed by atoms with Gasteiger partial charge in [-0.1, -0.05) is 30.3 Å². The van der Waals surface area contributed by atoms with E-state index in [1.807, 2.05) is 6.07 Å². The van der Waals surface area contributed by atoms with Crippen molar-refractivity contribution in [2.24, 2.45) is 0 Å². The van der Waals surface area contributed by atoms with E-state index in [0.29, 0.717) is 5.56 Å². The van der Waals surface area contributed by atoms with Crippen LogP contribution < -0.4 is 4.74 Å². The Hall–Kier alpha value is -2.59. The first-order valence-corrected chi connectivity index (χ1v) is 10.4. The van der Waals surface area contributed by atoms with E-state index in [0.717, 1.165) is 12.1 Å². The highest BCUT2D eigenvalue weighted by Gasteiger charge is 2.32. The Labute approximate surface area is 166 Å². The molecule has 2 aromatic carbocycles. The highest BCUT2D eigenvalue weighted by molar-refractivity contribution is 7.88. The summed E-state index contributed by atoms with van der Waals surface area (Å²) in [6.45, 7) is 0.730. The average molecular weight is 428 g/mol. The van der Waals surface area contributed by atoms with Crippen LogP contribution in [-0.4, -0.2) is 56.1 Å². The lowest BCUT2D eigenvalue weighted by molar-refractivity contribution is -0.274. The number of hydrogen-bond acceptors (Lipinski definition) is 4. The fourth-order valence-corrected chi connectivity index (χ4v) is 4.54. The van der Waals surface area contributed by atoms with Gasteiger partial charge in [-0.2, -0.15) is 4.31 Å². The second kappa shape index (κ2) is 8.42. The van der Waals surface area contributed by atoms with Crippen molar-refractivity contribution in [3.05, 3.63) is 65.7 Å². The van der Waals surface area contributed by atoms with Crippen LogP contribution in [0.3, 0.4) is 0 Å². The number of ether oxygens (including phenoxy) is 1. The third-order valence-corrected chi connectivity index (χ3v) is 6.30. The van der Waals surface area contributed by atoms with Crippen LogP contribution in [0.1, 0.15) is 15.9 Å². The topological polar surface area (TPSA) is 66.9 Å². The second-order valence-electron chi connectivity index (χ2n) is 6.51. The lowest BCUT2D eigenvalue weighted by atomic mass is 10.2. The highest BCUT2D eigenvalue weighted by atomic mass is 32.2. The maximum absolute atomic E-state index is 12.6. The van der Waals surface area contributed by atoms with Crippen LogP contribution in [0, 0.1) is 0 Å². The van der Waals surface area contributed by atoms with Crippen LogP contribution in [0.25, 0.3) is 0 Å². The maximum atomic E-state index is 12.6. The Balaban J connectivity index is 1.58. The Kier molecular flexibility index (Phi) is 6.13. The number of carbonyl (C=O) groups excluding carboxylic acids is 1. The highest BCUT2D eigenvalue weighted by Crippen LogP contribution is 2.23. The molecular weight excluding hydrogens is 409 g/mol. The molecule has 0 bridgehead atoms. The summed E-state index contributed by atoms with van der Waals surface area (Å²) >= 11 is 0. The molecule has 1 heterocycles. The monoisotopic (exact) mass is 428 g/mol. The third kappa shape index (κ3) is 5.70. The molecule has 1 aliphatic rings. The van der Waals surface area contributed by atoms with E-state index in [1.54, 1.807) is 24.3 Å². The van der Waals surface area contributed by atoms with E-state index >= 15 is 0 Å². The number of rotatable bonds is 5. The molecule has 1 amide bonds. The van der Waals surface area contributed by atoms with Gasteiger partial charge in [-0.25, -0.2) is 8.42 Å². The zero-order valence-corrected chi connectivity index (χ0v) is 16.1. The van der Waals surface area contributed by atoms with Crippen molar-refractivity contribution in [2.75, 3.05) is 26.2 Å². The number of benzene rings is 2. The minimum absolute atomic E-state index is 0.109. The molecular formula is C19H19F3N2O4S. The molecule has 6 nitrogen and oxygen atoms in total. The van der Waals surface area contributed by atoms with Crippen LogP contribution in [0.2, 0.25) is 0 Å². The summed E-state index contributed by atoms with van der Waals surface area (Å²) in [6, 6.07) is 13.5. The molecule has 0 radical (unpaired) electrons. The lowest BCUT2D eigenvalue weighted by Crippen LogP contribution is -2.50. The molecule has 1 aliphatic heterocycles. The smallest absolute Gasteiger partial charge is 0.406 e. The molecule has 0 saturated carbocycles. The SMILES string of the molecule is O=C(c1ccc(OC(F)(F)F)cc1)N1CCN(S(=O)(=O)Cc2ccccc2)CC1. The first kappa shape index (κ1) is 21.1. The van der Waals surface area contributed by atoms with Crippen molar-refractivity contribution >= 4 is 15.9 Å². The van der Waals surface area contributed by atoms with Crippen LogP contribution in [-0.2, 0) is 15.8 Å². The van der Waals surface area contributed by atoms with Gasteiger partial charge in [-0.3, -0.25) is 4.79 Å². The predicted molar refractivity (Wildman–Crippen MR) is 99.7 cm³/mol. The zero-order valence-electron chi connectivity index (χ0n) is 15.3. The van der Waals surface area contributed by atoms with Crippen molar-refractivity contribution in [1.82, 2.24) is 9.21 Å². The van der Waals surface area contributed by atoms with E-state index in [4.69, 9.17) is 0 Å². The lowest BCUT2D eigenvalue weighted by Gasteiger charge is -2.34. The van der Waals surface area contributed by atoms with Gasteiger partial charge in [0.15, 0.2) is 0 Å². The number of alkyl halides is 3. The minimum Gasteiger partial charge on any atom is -0.406 e. The van der Waals surface area contributed by atoms with Gasteiger partial charge >= 0.3 is 6.36 Å². The molecule has 29 heavy (non-hydrogen) atoms. The van der Waals surface area contributed by atoms with E-state index < -0.39 is 22.1 Å². The van der Waals surface area contributed by atoms with Crippen LogP contribution in [0.5, 0.6) is 5.75 Å². The summed E-state index contributed by atoms with van der Waals surface area (Å²) in [5.74, 6) is -0.892. The summed E-state index contributed by atoms with van der Waals surface area (Å²) in [4.78, 5) is 14.0. The number of halogens is 3. The van der Waals surface area contributed by atoms with Gasteiger partial charge < -0.3 is 9.64 Å². The number of carbonyl (C=O) groups is 1. The van der Waals surface area contributed by atoms with Gasteiger partial charge in [-0.15, -0.1) is 13.2 Å². The van der Waals surface area contributed by atoms with E-state index in [1.165, 1.54) is 21.3 Å². The van der Waals surface area contributed by atoms with E-state index in [-0.39, 0.29) is 43.4 Å². The molecule has 0 unspecified atom stereocenters. The quantitative estimate of drug-likeness (QED) is 0.735. The molecule has 1 fully saturated rings. The number of nitrogens with zero attached hydrogens (tertiary/aromatic N) is 2. The molecule has 0 aliphatic carbocycles. The van der Waals surface area contributed by atoms with Gasteiger partial charge in [0.05, 0.1) is 5.75 Å². The summed E-state index contributed by atoms with van der Waals surface area (Å²) < 4.78 is 66.9. The molecule has 2 aromatic rings. The molecule has 1 saturated heterocycles. The fourth-order valence-electron chi connectivity index (χ4n) is 3.03. The Morgan fingerprint density at radius 3 is 2.07 bits per heavy atom. The molecule has 3 rings (SSSR count). The van der Waals surface area contributed by atoms with Crippen molar-refractivity contribution in [1.29, 1.82) is 0 Å². The Morgan fingerprint density at radius 2 is 1.52 bits per heavy atom. The normalized spacial score (nSPS) is 15.9. The molecule has 0 spiro atoms. The van der Waals surface area contributed by atoms with Crippen LogP contribution in [0.15, 0.2) is 54.6 Å². The van der Waals surface area contributed by atoms with Crippen LogP contribution >= 0.6 is 0 Å². The molecule has 10 heteroatoms. The van der Waals surface area contributed by atoms with Gasteiger partial charge in [0, 0.05) is 31.7 Å². The average Bonchev–Trinajstić information content (AvgIpc) is 2.67. The Bertz CT molecular complexity index is 940. The van der Waals surface area contributed by atoms with Gasteiger partial charge in [-0.05, 0) is 29.8 Å². The van der Waals surface area contributed by atoms with Crippen molar-refractivity contribution < 1.29 is 31.1 Å². The summed E-state index contributed by atoms with van der Waals surface area (Å²) in [5, 5.41) is 0. The fraction of sp³-hybridized carbons (Fsp3) is 0.316. The summed E-state index contributed by atoms with van der Waals surface area (Å²) in [5.41, 5.74) is 0.896. The first-order valence-electron chi connectivity index (χ1n) is 8.81. The summed E-state index contributed by atoms with van der Waals surface area (Å²) in [7, 11) is -3.50. The van der Waals surface area contributed by atoms with Crippen LogP contribution in [0.4, 0.5) is 13.2 Å².